The van der Waals surface area contributed by atoms with E-state index in [1.54, 1.807) is 0 Å². The van der Waals surface area contributed by atoms with Crippen molar-refractivity contribution in [2.45, 2.75) is 32.5 Å². The smallest absolute Gasteiger partial charge is 0.365 e. The van der Waals surface area contributed by atoms with Crippen LogP contribution in [0.1, 0.15) is 26.3 Å². The van der Waals surface area contributed by atoms with E-state index in [4.69, 9.17) is 5.84 Å². The minimum atomic E-state index is -4.43. The number of pyridine rings is 1. The lowest BCUT2D eigenvalue weighted by molar-refractivity contribution is -0.137. The lowest BCUT2D eigenvalue weighted by atomic mass is 10.1. The number of nitrogen functional groups attached to an aromatic ring is 1. The van der Waals surface area contributed by atoms with Crippen molar-refractivity contribution < 1.29 is 13.2 Å². The quantitative estimate of drug-likeness (QED) is 0.556. The lowest BCUT2D eigenvalue weighted by Gasteiger charge is -2.22. The van der Waals surface area contributed by atoms with Crippen molar-refractivity contribution in [2.75, 3.05) is 10.7 Å². The summed E-state index contributed by atoms with van der Waals surface area (Å²) in [6.45, 7) is 5.47. The molecule has 0 amide bonds. The number of rotatable bonds is 2. The molecule has 0 spiro atoms. The maximum atomic E-state index is 12.6. The molecule has 0 saturated heterocycles. The van der Waals surface area contributed by atoms with E-state index in [0.717, 1.165) is 12.1 Å². The van der Waals surface area contributed by atoms with Crippen molar-refractivity contribution in [1.82, 2.24) is 4.98 Å². The summed E-state index contributed by atoms with van der Waals surface area (Å²) < 4.78 is 37.8. The van der Waals surface area contributed by atoms with Crippen molar-refractivity contribution >= 4 is 11.6 Å². The van der Waals surface area contributed by atoms with E-state index >= 15 is 0 Å². The fourth-order valence-corrected chi connectivity index (χ4v) is 1.22. The third kappa shape index (κ3) is 4.10. The highest BCUT2D eigenvalue weighted by Gasteiger charge is 2.32. The standard InChI is InChI=1S/C10H15F3N4/c1-9(2,3)16-7-4-6(10(11,12)13)5-8(15-7)17-14/h4-5H,14H2,1-3H3,(H2,15,16,17). The van der Waals surface area contributed by atoms with Gasteiger partial charge in [-0.25, -0.2) is 10.8 Å². The predicted molar refractivity (Wildman–Crippen MR) is 60.4 cm³/mol. The summed E-state index contributed by atoms with van der Waals surface area (Å²) >= 11 is 0. The molecule has 0 aliphatic carbocycles. The Hall–Kier alpha value is -1.50. The second-order valence-electron chi connectivity index (χ2n) is 4.64. The van der Waals surface area contributed by atoms with Crippen LogP contribution in [-0.2, 0) is 6.18 Å². The van der Waals surface area contributed by atoms with Gasteiger partial charge < -0.3 is 10.7 Å². The number of hydrogen-bond donors (Lipinski definition) is 3. The molecule has 0 bridgehead atoms. The van der Waals surface area contributed by atoms with Gasteiger partial charge in [0.15, 0.2) is 0 Å². The van der Waals surface area contributed by atoms with E-state index in [-0.39, 0.29) is 17.2 Å². The Morgan fingerprint density at radius 2 is 1.65 bits per heavy atom. The van der Waals surface area contributed by atoms with Crippen LogP contribution in [0.25, 0.3) is 0 Å². The van der Waals surface area contributed by atoms with Gasteiger partial charge in [-0.1, -0.05) is 0 Å². The highest BCUT2D eigenvalue weighted by Crippen LogP contribution is 2.32. The van der Waals surface area contributed by atoms with Crippen LogP contribution in [0.4, 0.5) is 24.8 Å². The second kappa shape index (κ2) is 4.40. The van der Waals surface area contributed by atoms with E-state index < -0.39 is 11.7 Å². The largest absolute Gasteiger partial charge is 0.416 e. The number of anilines is 2. The number of nitrogens with two attached hydrogens (primary N) is 1. The van der Waals surface area contributed by atoms with Crippen molar-refractivity contribution in [3.8, 4) is 0 Å². The van der Waals surface area contributed by atoms with E-state index in [0.29, 0.717) is 0 Å². The zero-order valence-corrected chi connectivity index (χ0v) is 9.81. The minimum absolute atomic E-state index is 0.0356. The molecule has 0 radical (unpaired) electrons. The maximum absolute atomic E-state index is 12.6. The summed E-state index contributed by atoms with van der Waals surface area (Å²) in [5.74, 6) is 5.18. The Kier molecular flexibility index (Phi) is 3.51. The molecule has 7 heteroatoms. The molecule has 96 valence electrons. The minimum Gasteiger partial charge on any atom is -0.365 e. The van der Waals surface area contributed by atoms with Gasteiger partial charge in [0, 0.05) is 5.54 Å². The average Bonchev–Trinajstić information content (AvgIpc) is 2.13. The molecular formula is C10H15F3N4. The maximum Gasteiger partial charge on any atom is 0.416 e. The van der Waals surface area contributed by atoms with Gasteiger partial charge in [0.1, 0.15) is 11.6 Å². The highest BCUT2D eigenvalue weighted by molar-refractivity contribution is 5.50. The van der Waals surface area contributed by atoms with Crippen molar-refractivity contribution in [3.63, 3.8) is 0 Å². The molecule has 17 heavy (non-hydrogen) atoms. The molecule has 1 heterocycles. The number of hydrogen-bond acceptors (Lipinski definition) is 4. The molecule has 0 atom stereocenters. The summed E-state index contributed by atoms with van der Waals surface area (Å²) in [4.78, 5) is 3.90. The third-order valence-corrected chi connectivity index (χ3v) is 1.80. The van der Waals surface area contributed by atoms with E-state index in [2.05, 4.69) is 15.7 Å². The van der Waals surface area contributed by atoms with Crippen LogP contribution in [0.15, 0.2) is 12.1 Å². The normalized spacial score (nSPS) is 12.4. The first-order valence-corrected chi connectivity index (χ1v) is 4.96. The number of hydrazine groups is 1. The molecule has 0 aliphatic rings. The number of halogens is 3. The molecule has 1 aromatic heterocycles. The van der Waals surface area contributed by atoms with Gasteiger partial charge in [0.25, 0.3) is 0 Å². The Morgan fingerprint density at radius 3 is 2.06 bits per heavy atom. The molecule has 0 aromatic carbocycles. The number of aromatic nitrogens is 1. The first-order valence-electron chi connectivity index (χ1n) is 4.96. The van der Waals surface area contributed by atoms with Crippen molar-refractivity contribution in [3.05, 3.63) is 17.7 Å². The van der Waals surface area contributed by atoms with Gasteiger partial charge in [-0.15, -0.1) is 0 Å². The monoisotopic (exact) mass is 248 g/mol. The van der Waals surface area contributed by atoms with Crippen LogP contribution in [0.3, 0.4) is 0 Å². The summed E-state index contributed by atoms with van der Waals surface area (Å²) in [7, 11) is 0. The van der Waals surface area contributed by atoms with Crippen LogP contribution >= 0.6 is 0 Å². The average molecular weight is 248 g/mol. The molecular weight excluding hydrogens is 233 g/mol. The zero-order chi connectivity index (χ0) is 13.3. The molecule has 0 saturated carbocycles. The lowest BCUT2D eigenvalue weighted by Crippen LogP contribution is -2.27. The van der Waals surface area contributed by atoms with Gasteiger partial charge in [-0.05, 0) is 32.9 Å². The predicted octanol–water partition coefficient (Wildman–Crippen LogP) is 2.60. The molecule has 1 rings (SSSR count). The Balaban J connectivity index is 3.15. The van der Waals surface area contributed by atoms with E-state index in [1.165, 1.54) is 0 Å². The number of nitrogens with zero attached hydrogens (tertiary/aromatic N) is 1. The Labute approximate surface area is 97.4 Å². The number of alkyl halides is 3. The molecule has 4 nitrogen and oxygen atoms in total. The molecule has 0 fully saturated rings. The second-order valence-corrected chi connectivity index (χ2v) is 4.64. The van der Waals surface area contributed by atoms with Gasteiger partial charge in [0.2, 0.25) is 0 Å². The van der Waals surface area contributed by atoms with Crippen LogP contribution < -0.4 is 16.6 Å². The van der Waals surface area contributed by atoms with Crippen molar-refractivity contribution in [1.29, 1.82) is 0 Å². The topological polar surface area (TPSA) is 63.0 Å². The third-order valence-electron chi connectivity index (χ3n) is 1.80. The van der Waals surface area contributed by atoms with Gasteiger partial charge in [-0.2, -0.15) is 13.2 Å². The summed E-state index contributed by atoms with van der Waals surface area (Å²) in [5.41, 5.74) is 0.930. The van der Waals surface area contributed by atoms with Crippen LogP contribution in [-0.4, -0.2) is 10.5 Å². The molecule has 1 aromatic rings. The fourth-order valence-electron chi connectivity index (χ4n) is 1.22. The fraction of sp³-hybridized carbons (Fsp3) is 0.500. The SMILES string of the molecule is CC(C)(C)Nc1cc(C(F)(F)F)cc(NN)n1. The van der Waals surface area contributed by atoms with E-state index in [1.807, 2.05) is 20.8 Å². The Bertz CT molecular complexity index is 396. The van der Waals surface area contributed by atoms with Gasteiger partial charge in [0.05, 0.1) is 5.56 Å². The molecule has 0 aliphatic heterocycles. The highest BCUT2D eigenvalue weighted by atomic mass is 19.4. The number of nitrogens with one attached hydrogen (secondary N) is 2. The molecule has 4 N–H and O–H groups in total. The van der Waals surface area contributed by atoms with Gasteiger partial charge >= 0.3 is 6.18 Å². The first kappa shape index (κ1) is 13.6. The zero-order valence-electron chi connectivity index (χ0n) is 9.81. The van der Waals surface area contributed by atoms with E-state index in [9.17, 15) is 13.2 Å². The van der Waals surface area contributed by atoms with Gasteiger partial charge in [-0.3, -0.25) is 0 Å². The first-order chi connectivity index (χ1) is 7.62. The molecule has 0 unspecified atom stereocenters. The van der Waals surface area contributed by atoms with Crippen molar-refractivity contribution in [2.24, 2.45) is 5.84 Å². The van der Waals surface area contributed by atoms with Crippen LogP contribution in [0.5, 0.6) is 0 Å². The van der Waals surface area contributed by atoms with Crippen LogP contribution in [0.2, 0.25) is 0 Å². The summed E-state index contributed by atoms with van der Waals surface area (Å²) in [6.07, 6.45) is -4.43. The summed E-state index contributed by atoms with van der Waals surface area (Å²) in [5, 5.41) is 2.86. The van der Waals surface area contributed by atoms with Crippen LogP contribution in [0, 0.1) is 0 Å². The Morgan fingerprint density at radius 1 is 1.12 bits per heavy atom. The summed E-state index contributed by atoms with van der Waals surface area (Å²) in [6, 6.07) is 1.81.